The quantitative estimate of drug-likeness (QED) is 0.800. The second-order valence-electron chi connectivity index (χ2n) is 6.15. The number of H-pyrrole nitrogens is 1. The number of rotatable bonds is 3. The molecule has 0 aliphatic carbocycles. The highest BCUT2D eigenvalue weighted by Crippen LogP contribution is 2.33. The van der Waals surface area contributed by atoms with Gasteiger partial charge in [-0.1, -0.05) is 6.07 Å². The summed E-state index contributed by atoms with van der Waals surface area (Å²) in [5.74, 6) is 0.669. The molecule has 1 atom stereocenters. The minimum Gasteiger partial charge on any atom is -0.361 e. The third-order valence-electron chi connectivity index (χ3n) is 4.70. The molecule has 0 radical (unpaired) electrons. The monoisotopic (exact) mass is 280 g/mol. The summed E-state index contributed by atoms with van der Waals surface area (Å²) < 4.78 is 2.14. The Labute approximate surface area is 124 Å². The van der Waals surface area contributed by atoms with E-state index in [1.54, 1.807) is 0 Å². The van der Waals surface area contributed by atoms with Crippen LogP contribution in [0.15, 0.2) is 43.1 Å². The SMILES string of the molecule is CC(c1ccc2[nH]cc(C3CN(C)C3)c2c1)n1ccnc1. The first-order valence-electron chi connectivity index (χ1n) is 7.49. The van der Waals surface area contributed by atoms with Crippen molar-refractivity contribution in [2.45, 2.75) is 18.9 Å². The molecule has 3 heterocycles. The predicted molar refractivity (Wildman–Crippen MR) is 84.6 cm³/mol. The van der Waals surface area contributed by atoms with Crippen molar-refractivity contribution in [2.75, 3.05) is 20.1 Å². The number of nitrogens with one attached hydrogen (secondary N) is 1. The lowest BCUT2D eigenvalue weighted by Gasteiger charge is -2.36. The molecule has 3 aromatic rings. The third kappa shape index (κ3) is 2.07. The smallest absolute Gasteiger partial charge is 0.0951 e. The van der Waals surface area contributed by atoms with Gasteiger partial charge in [-0.2, -0.15) is 0 Å². The lowest BCUT2D eigenvalue weighted by molar-refractivity contribution is 0.190. The zero-order valence-electron chi connectivity index (χ0n) is 12.5. The van der Waals surface area contributed by atoms with E-state index in [-0.39, 0.29) is 0 Å². The lowest BCUT2D eigenvalue weighted by atomic mass is 9.91. The van der Waals surface area contributed by atoms with Crippen LogP contribution in [-0.4, -0.2) is 39.6 Å². The van der Waals surface area contributed by atoms with Crippen molar-refractivity contribution < 1.29 is 0 Å². The Balaban J connectivity index is 1.73. The maximum Gasteiger partial charge on any atom is 0.0951 e. The van der Waals surface area contributed by atoms with E-state index >= 15 is 0 Å². The van der Waals surface area contributed by atoms with Gasteiger partial charge in [0.15, 0.2) is 0 Å². The number of likely N-dealkylation sites (tertiary alicyclic amines) is 1. The molecular formula is C17H20N4. The number of aromatic amines is 1. The average molecular weight is 280 g/mol. The van der Waals surface area contributed by atoms with Crippen molar-refractivity contribution >= 4 is 10.9 Å². The Bertz CT molecular complexity index is 750. The fourth-order valence-electron chi connectivity index (χ4n) is 3.32. The molecule has 108 valence electrons. The molecule has 4 rings (SSSR count). The summed E-state index contributed by atoms with van der Waals surface area (Å²) in [7, 11) is 2.18. The Morgan fingerprint density at radius 1 is 1.33 bits per heavy atom. The lowest BCUT2D eigenvalue weighted by Crippen LogP contribution is -2.41. The fourth-order valence-corrected chi connectivity index (χ4v) is 3.32. The van der Waals surface area contributed by atoms with Crippen LogP contribution in [0.25, 0.3) is 10.9 Å². The van der Waals surface area contributed by atoms with E-state index in [2.05, 4.69) is 57.8 Å². The maximum absolute atomic E-state index is 4.15. The van der Waals surface area contributed by atoms with E-state index in [1.807, 2.05) is 18.7 Å². The number of likely N-dealkylation sites (N-methyl/N-ethyl adjacent to an activating group) is 1. The van der Waals surface area contributed by atoms with Crippen LogP contribution in [0.2, 0.25) is 0 Å². The largest absolute Gasteiger partial charge is 0.361 e. The molecule has 4 heteroatoms. The summed E-state index contributed by atoms with van der Waals surface area (Å²) in [6.07, 6.45) is 7.93. The van der Waals surface area contributed by atoms with Gasteiger partial charge in [-0.05, 0) is 37.2 Å². The van der Waals surface area contributed by atoms with Crippen LogP contribution in [0, 0.1) is 0 Å². The van der Waals surface area contributed by atoms with Crippen LogP contribution in [0.1, 0.15) is 30.0 Å². The van der Waals surface area contributed by atoms with Gasteiger partial charge in [-0.3, -0.25) is 0 Å². The van der Waals surface area contributed by atoms with E-state index in [1.165, 1.54) is 22.0 Å². The van der Waals surface area contributed by atoms with Gasteiger partial charge in [0.1, 0.15) is 0 Å². The summed E-state index contributed by atoms with van der Waals surface area (Å²) in [4.78, 5) is 9.93. The molecule has 21 heavy (non-hydrogen) atoms. The number of imidazole rings is 1. The number of hydrogen-bond acceptors (Lipinski definition) is 2. The molecule has 0 bridgehead atoms. The summed E-state index contributed by atoms with van der Waals surface area (Å²) in [5.41, 5.74) is 4.03. The topological polar surface area (TPSA) is 36.9 Å². The van der Waals surface area contributed by atoms with Gasteiger partial charge in [0.05, 0.1) is 12.4 Å². The van der Waals surface area contributed by atoms with Gasteiger partial charge in [-0.15, -0.1) is 0 Å². The van der Waals surface area contributed by atoms with Crippen LogP contribution in [0.4, 0.5) is 0 Å². The molecule has 1 unspecified atom stereocenters. The molecule has 0 saturated carbocycles. The van der Waals surface area contributed by atoms with E-state index in [4.69, 9.17) is 0 Å². The number of fused-ring (bicyclic) bond motifs is 1. The van der Waals surface area contributed by atoms with E-state index in [0.29, 0.717) is 12.0 Å². The van der Waals surface area contributed by atoms with Crippen LogP contribution in [0.3, 0.4) is 0 Å². The maximum atomic E-state index is 4.15. The molecule has 1 aromatic carbocycles. The predicted octanol–water partition coefficient (Wildman–Crippen LogP) is 3.00. The number of hydrogen-bond donors (Lipinski definition) is 1. The van der Waals surface area contributed by atoms with Crippen LogP contribution in [-0.2, 0) is 0 Å². The highest BCUT2D eigenvalue weighted by atomic mass is 15.2. The van der Waals surface area contributed by atoms with Gasteiger partial charge in [-0.25, -0.2) is 4.98 Å². The Morgan fingerprint density at radius 3 is 2.90 bits per heavy atom. The number of aromatic nitrogens is 3. The van der Waals surface area contributed by atoms with Gasteiger partial charge in [0.2, 0.25) is 0 Å². The van der Waals surface area contributed by atoms with Crippen molar-refractivity contribution in [2.24, 2.45) is 0 Å². The van der Waals surface area contributed by atoms with Crippen LogP contribution >= 0.6 is 0 Å². The highest BCUT2D eigenvalue weighted by Gasteiger charge is 2.27. The van der Waals surface area contributed by atoms with Gasteiger partial charge in [0, 0.05) is 48.5 Å². The first kappa shape index (κ1) is 12.7. The van der Waals surface area contributed by atoms with E-state index in [0.717, 1.165) is 13.1 Å². The molecule has 1 saturated heterocycles. The summed E-state index contributed by atoms with van der Waals surface area (Å²) in [6.45, 7) is 4.54. The summed E-state index contributed by atoms with van der Waals surface area (Å²) in [6, 6.07) is 7.05. The zero-order valence-corrected chi connectivity index (χ0v) is 12.5. The second-order valence-corrected chi connectivity index (χ2v) is 6.15. The van der Waals surface area contributed by atoms with Crippen molar-refractivity contribution in [3.8, 4) is 0 Å². The Kier molecular flexibility index (Phi) is 2.86. The summed E-state index contributed by atoms with van der Waals surface area (Å²) >= 11 is 0. The zero-order chi connectivity index (χ0) is 14.4. The summed E-state index contributed by atoms with van der Waals surface area (Å²) in [5, 5.41) is 1.37. The number of benzene rings is 1. The minimum atomic E-state index is 0.309. The molecule has 1 fully saturated rings. The second kappa shape index (κ2) is 4.74. The van der Waals surface area contributed by atoms with Gasteiger partial charge < -0.3 is 14.5 Å². The standard InChI is InChI=1S/C17H20N4/c1-12(21-6-5-18-11-21)13-3-4-17-15(7-13)16(8-19-17)14-9-20(2)10-14/h3-8,11-12,14,19H,9-10H2,1-2H3. The molecule has 1 aliphatic rings. The van der Waals surface area contributed by atoms with E-state index < -0.39 is 0 Å². The first-order chi connectivity index (χ1) is 10.2. The average Bonchev–Trinajstić information content (AvgIpc) is 3.12. The van der Waals surface area contributed by atoms with Crippen molar-refractivity contribution in [1.82, 2.24) is 19.4 Å². The fraction of sp³-hybridized carbons (Fsp3) is 0.353. The van der Waals surface area contributed by atoms with Crippen molar-refractivity contribution in [3.05, 3.63) is 54.2 Å². The Hall–Kier alpha value is -2.07. The molecule has 4 nitrogen and oxygen atoms in total. The van der Waals surface area contributed by atoms with Gasteiger partial charge >= 0.3 is 0 Å². The van der Waals surface area contributed by atoms with Crippen LogP contribution in [0.5, 0.6) is 0 Å². The molecule has 0 amide bonds. The molecule has 0 spiro atoms. The number of nitrogens with zero attached hydrogens (tertiary/aromatic N) is 3. The minimum absolute atomic E-state index is 0.309. The van der Waals surface area contributed by atoms with Crippen molar-refractivity contribution in [3.63, 3.8) is 0 Å². The normalized spacial score (nSPS) is 18.0. The van der Waals surface area contributed by atoms with Crippen LogP contribution < -0.4 is 0 Å². The first-order valence-corrected chi connectivity index (χ1v) is 7.49. The van der Waals surface area contributed by atoms with E-state index in [9.17, 15) is 0 Å². The Morgan fingerprint density at radius 2 is 2.19 bits per heavy atom. The molecule has 2 aromatic heterocycles. The molecule has 1 N–H and O–H groups in total. The van der Waals surface area contributed by atoms with Crippen molar-refractivity contribution in [1.29, 1.82) is 0 Å². The van der Waals surface area contributed by atoms with Gasteiger partial charge in [0.25, 0.3) is 0 Å². The molecular weight excluding hydrogens is 260 g/mol. The highest BCUT2D eigenvalue weighted by molar-refractivity contribution is 5.84. The third-order valence-corrected chi connectivity index (χ3v) is 4.70. The molecule has 1 aliphatic heterocycles.